The van der Waals surface area contributed by atoms with E-state index in [4.69, 9.17) is 0 Å². The molecule has 0 aliphatic carbocycles. The largest absolute Gasteiger partial charge is 0.507 e. The van der Waals surface area contributed by atoms with Gasteiger partial charge in [-0.05, 0) is 34.9 Å². The van der Waals surface area contributed by atoms with Gasteiger partial charge in [-0.3, -0.25) is 4.57 Å². The predicted octanol–water partition coefficient (Wildman–Crippen LogP) is 5.17. The van der Waals surface area contributed by atoms with Gasteiger partial charge >= 0.3 is 7.60 Å². The Kier molecular flexibility index (Phi) is 6.89. The maximum atomic E-state index is 11.9. The van der Waals surface area contributed by atoms with Crippen molar-refractivity contribution in [3.05, 3.63) is 59.2 Å². The maximum Gasteiger partial charge on any atom is 0.344 e. The summed E-state index contributed by atoms with van der Waals surface area (Å²) in [4.78, 5) is 21.1. The van der Waals surface area contributed by atoms with Crippen LogP contribution in [0.1, 0.15) is 58.2 Å². The smallest absolute Gasteiger partial charge is 0.344 e. The van der Waals surface area contributed by atoms with Crippen LogP contribution in [0.5, 0.6) is 5.75 Å². The number of phenolic OH excluding ortho intramolecular Hbond substituents is 1. The van der Waals surface area contributed by atoms with E-state index in [1.54, 1.807) is 4.90 Å². The Morgan fingerprint density at radius 2 is 1.38 bits per heavy atom. The number of hydrogen-bond donors (Lipinski definition) is 3. The first-order valence-electron chi connectivity index (χ1n) is 9.90. The monoisotopic (exact) mass is 419 g/mol. The van der Waals surface area contributed by atoms with Gasteiger partial charge in [0.2, 0.25) is 0 Å². The number of hydrogen-bond acceptors (Lipinski definition) is 3. The minimum Gasteiger partial charge on any atom is -0.507 e. The van der Waals surface area contributed by atoms with E-state index in [0.717, 1.165) is 22.4 Å². The van der Waals surface area contributed by atoms with Gasteiger partial charge in [0.25, 0.3) is 0 Å². The first-order valence-corrected chi connectivity index (χ1v) is 11.7. The molecule has 0 heterocycles. The summed E-state index contributed by atoms with van der Waals surface area (Å²) in [6.45, 7) is 12.6. The molecular formula is C23H34NO4P. The van der Waals surface area contributed by atoms with E-state index in [1.807, 2.05) is 84.0 Å². The molecule has 0 fully saturated rings. The first-order chi connectivity index (χ1) is 13.2. The fraction of sp³-hybridized carbons (Fsp3) is 0.478. The zero-order chi connectivity index (χ0) is 22.0. The second-order valence-corrected chi connectivity index (χ2v) is 11.3. The van der Waals surface area contributed by atoms with Crippen LogP contribution in [0.15, 0.2) is 42.5 Å². The molecule has 2 aromatic rings. The molecule has 0 bridgehead atoms. The number of nitrogens with zero attached hydrogens (tertiary/aromatic N) is 1. The lowest BCUT2D eigenvalue weighted by Gasteiger charge is -2.32. The highest BCUT2D eigenvalue weighted by Gasteiger charge is 2.29. The normalized spacial score (nSPS) is 12.8. The third-order valence-corrected chi connectivity index (χ3v) is 5.65. The van der Waals surface area contributed by atoms with Crippen LogP contribution < -0.4 is 4.90 Å². The third kappa shape index (κ3) is 6.60. The van der Waals surface area contributed by atoms with E-state index >= 15 is 0 Å². The van der Waals surface area contributed by atoms with Gasteiger partial charge < -0.3 is 19.8 Å². The molecule has 0 amide bonds. The van der Waals surface area contributed by atoms with Crippen molar-refractivity contribution < 1.29 is 19.5 Å². The summed E-state index contributed by atoms with van der Waals surface area (Å²) in [5, 5.41) is 10.9. The van der Waals surface area contributed by atoms with Crippen LogP contribution >= 0.6 is 7.60 Å². The van der Waals surface area contributed by atoms with E-state index in [2.05, 4.69) is 0 Å². The fourth-order valence-corrected chi connectivity index (χ4v) is 4.11. The number of rotatable bonds is 6. The average Bonchev–Trinajstić information content (AvgIpc) is 2.56. The molecule has 0 saturated heterocycles. The maximum absolute atomic E-state index is 11.9. The van der Waals surface area contributed by atoms with Crippen molar-refractivity contribution in [2.45, 2.75) is 58.8 Å². The Morgan fingerprint density at radius 3 is 1.79 bits per heavy atom. The Hall–Kier alpha value is -1.81. The quantitative estimate of drug-likeness (QED) is 0.563. The van der Waals surface area contributed by atoms with Gasteiger partial charge in [0, 0.05) is 23.4 Å². The molecule has 0 unspecified atom stereocenters. The van der Waals surface area contributed by atoms with Gasteiger partial charge in [-0.25, -0.2) is 0 Å². The van der Waals surface area contributed by atoms with Crippen molar-refractivity contribution >= 4 is 13.3 Å². The molecule has 160 valence electrons. The lowest BCUT2D eigenvalue weighted by Crippen LogP contribution is -2.28. The number of aromatic hydroxyl groups is 1. The van der Waals surface area contributed by atoms with E-state index in [9.17, 15) is 19.5 Å². The summed E-state index contributed by atoms with van der Waals surface area (Å²) < 4.78 is 11.9. The topological polar surface area (TPSA) is 81.0 Å². The molecule has 3 N–H and O–H groups in total. The molecule has 0 atom stereocenters. The molecule has 6 heteroatoms. The van der Waals surface area contributed by atoms with Gasteiger partial charge in [0.1, 0.15) is 12.0 Å². The number of anilines is 1. The summed E-state index contributed by atoms with van der Waals surface area (Å²) in [5.74, 6) is 0.257. The zero-order valence-electron chi connectivity index (χ0n) is 18.3. The summed E-state index contributed by atoms with van der Waals surface area (Å²) in [6, 6.07) is 13.6. The highest BCUT2D eigenvalue weighted by molar-refractivity contribution is 7.51. The molecule has 0 saturated carbocycles. The highest BCUT2D eigenvalue weighted by Crippen LogP contribution is 2.44. The Balaban J connectivity index is 2.54. The van der Waals surface area contributed by atoms with E-state index in [-0.39, 0.29) is 22.9 Å². The zero-order valence-corrected chi connectivity index (χ0v) is 19.2. The van der Waals surface area contributed by atoms with Gasteiger partial charge in [0.15, 0.2) is 0 Å². The van der Waals surface area contributed by atoms with E-state index < -0.39 is 7.60 Å². The lowest BCUT2D eigenvalue weighted by atomic mass is 9.79. The molecule has 2 rings (SSSR count). The Bertz CT molecular complexity index is 841. The summed E-state index contributed by atoms with van der Waals surface area (Å²) >= 11 is 0. The molecule has 5 nitrogen and oxygen atoms in total. The standard InChI is InChI=1S/C23H34NO4P/c1-22(2,3)19-14-18(15-20(21(19)25)23(4,5)6)24(16-29(26,27)28)13-12-17-10-8-7-9-11-17/h7-11,14-15,25H,12-13,16H2,1-6H3,(H2,26,27,28). The first kappa shape index (κ1) is 23.5. The second kappa shape index (κ2) is 8.51. The van der Waals surface area contributed by atoms with Gasteiger partial charge in [-0.2, -0.15) is 0 Å². The summed E-state index contributed by atoms with van der Waals surface area (Å²) in [5.41, 5.74) is 2.75. The Labute approximate surface area is 174 Å². The van der Waals surface area contributed by atoms with Crippen LogP contribution in [0.2, 0.25) is 0 Å². The van der Waals surface area contributed by atoms with Gasteiger partial charge in [0.05, 0.1) is 0 Å². The van der Waals surface area contributed by atoms with Gasteiger partial charge in [-0.1, -0.05) is 71.9 Å². The van der Waals surface area contributed by atoms with E-state index in [1.165, 1.54) is 0 Å². The van der Waals surface area contributed by atoms with Crippen molar-refractivity contribution in [1.29, 1.82) is 0 Å². The molecule has 0 radical (unpaired) electrons. The van der Waals surface area contributed by atoms with Crippen molar-refractivity contribution in [2.24, 2.45) is 0 Å². The van der Waals surface area contributed by atoms with Crippen molar-refractivity contribution in [1.82, 2.24) is 0 Å². The molecule has 0 aliphatic rings. The molecule has 0 aliphatic heterocycles. The van der Waals surface area contributed by atoms with Crippen molar-refractivity contribution in [3.8, 4) is 5.75 Å². The van der Waals surface area contributed by atoms with Crippen LogP contribution in [-0.2, 0) is 21.8 Å². The lowest BCUT2D eigenvalue weighted by molar-refractivity contribution is 0.372. The minimum atomic E-state index is -4.27. The second-order valence-electron chi connectivity index (χ2n) is 9.69. The predicted molar refractivity (Wildman–Crippen MR) is 120 cm³/mol. The molecule has 0 aromatic heterocycles. The van der Waals surface area contributed by atoms with Crippen molar-refractivity contribution in [3.63, 3.8) is 0 Å². The number of benzene rings is 2. The molecular weight excluding hydrogens is 385 g/mol. The third-order valence-electron chi connectivity index (χ3n) is 4.94. The fourth-order valence-electron chi connectivity index (χ4n) is 3.36. The van der Waals surface area contributed by atoms with Gasteiger partial charge in [-0.15, -0.1) is 0 Å². The van der Waals surface area contributed by atoms with Crippen LogP contribution in [-0.4, -0.2) is 27.7 Å². The summed E-state index contributed by atoms with van der Waals surface area (Å²) in [6.07, 6.45) is 0.301. The summed E-state index contributed by atoms with van der Waals surface area (Å²) in [7, 11) is -4.27. The number of phenols is 1. The van der Waals surface area contributed by atoms with Crippen LogP contribution in [0.25, 0.3) is 0 Å². The molecule has 0 spiro atoms. The highest BCUT2D eigenvalue weighted by atomic mass is 31.2. The Morgan fingerprint density at radius 1 is 0.897 bits per heavy atom. The minimum absolute atomic E-state index is 0.257. The van der Waals surface area contributed by atoms with E-state index in [0.29, 0.717) is 13.0 Å². The average molecular weight is 420 g/mol. The SMILES string of the molecule is CC(C)(C)c1cc(N(CCc2ccccc2)CP(=O)(O)O)cc(C(C)(C)C)c1O. The van der Waals surface area contributed by atoms with Crippen molar-refractivity contribution in [2.75, 3.05) is 17.7 Å². The van der Waals surface area contributed by atoms with Crippen LogP contribution in [0.3, 0.4) is 0 Å². The van der Waals surface area contributed by atoms with Crippen LogP contribution in [0, 0.1) is 0 Å². The molecule has 29 heavy (non-hydrogen) atoms. The molecule has 2 aromatic carbocycles. The van der Waals surface area contributed by atoms with Crippen LogP contribution in [0.4, 0.5) is 5.69 Å².